The molecule has 0 unspecified atom stereocenters. The van der Waals surface area contributed by atoms with Gasteiger partial charge in [-0.05, 0) is 30.2 Å². The topological polar surface area (TPSA) is 56.6 Å². The van der Waals surface area contributed by atoms with Crippen LogP contribution in [0.3, 0.4) is 0 Å². The predicted molar refractivity (Wildman–Crippen MR) is 66.5 cm³/mol. The van der Waals surface area contributed by atoms with E-state index in [1.165, 1.54) is 12.1 Å². The number of aryl methyl sites for hydroxylation is 1. The molecule has 0 aliphatic heterocycles. The summed E-state index contributed by atoms with van der Waals surface area (Å²) in [5.41, 5.74) is 1.60. The van der Waals surface area contributed by atoms with Gasteiger partial charge in [-0.2, -0.15) is 5.26 Å². The van der Waals surface area contributed by atoms with Crippen LogP contribution < -0.4 is 5.56 Å². The molecule has 0 amide bonds. The normalized spacial score (nSPS) is 10.1. The fourth-order valence-corrected chi connectivity index (χ4v) is 1.77. The zero-order valence-corrected chi connectivity index (χ0v) is 9.83. The van der Waals surface area contributed by atoms with Crippen molar-refractivity contribution in [3.05, 3.63) is 57.8 Å². The third-order valence-electron chi connectivity index (χ3n) is 2.74. The second-order valence-electron chi connectivity index (χ2n) is 3.88. The van der Waals surface area contributed by atoms with Crippen LogP contribution in [0.15, 0.2) is 35.1 Å². The van der Waals surface area contributed by atoms with Gasteiger partial charge in [0.2, 0.25) is 0 Å². The monoisotopic (exact) mass is 242 g/mol. The van der Waals surface area contributed by atoms with Crippen LogP contribution in [0.25, 0.3) is 11.1 Å². The van der Waals surface area contributed by atoms with Crippen molar-refractivity contribution in [3.8, 4) is 17.2 Å². The molecule has 0 radical (unpaired) electrons. The van der Waals surface area contributed by atoms with Crippen LogP contribution in [-0.4, -0.2) is 4.98 Å². The summed E-state index contributed by atoms with van der Waals surface area (Å²) in [5, 5.41) is 9.03. The molecule has 0 spiro atoms. The first kappa shape index (κ1) is 12.1. The Kier molecular flexibility index (Phi) is 3.24. The number of hydrogen-bond donors (Lipinski definition) is 1. The van der Waals surface area contributed by atoms with Crippen LogP contribution in [0.4, 0.5) is 4.39 Å². The Balaban J connectivity index is 2.69. The molecule has 0 aliphatic rings. The molecule has 3 nitrogen and oxygen atoms in total. The van der Waals surface area contributed by atoms with Crippen molar-refractivity contribution in [1.82, 2.24) is 4.98 Å². The number of nitriles is 1. The number of H-pyrrole nitrogens is 1. The summed E-state index contributed by atoms with van der Waals surface area (Å²) in [6.07, 6.45) is 0.662. The van der Waals surface area contributed by atoms with Gasteiger partial charge in [0.15, 0.2) is 0 Å². The van der Waals surface area contributed by atoms with Crippen molar-refractivity contribution in [1.29, 1.82) is 5.26 Å². The van der Waals surface area contributed by atoms with E-state index in [0.29, 0.717) is 17.5 Å². The number of nitrogens with one attached hydrogen (secondary N) is 1. The molecule has 2 rings (SSSR count). The molecule has 90 valence electrons. The van der Waals surface area contributed by atoms with Crippen LogP contribution in [0.2, 0.25) is 0 Å². The van der Waals surface area contributed by atoms with Gasteiger partial charge in [-0.15, -0.1) is 0 Å². The van der Waals surface area contributed by atoms with Crippen LogP contribution in [-0.2, 0) is 6.42 Å². The van der Waals surface area contributed by atoms with E-state index in [1.54, 1.807) is 18.2 Å². The van der Waals surface area contributed by atoms with E-state index in [1.807, 2.05) is 13.0 Å². The molecule has 0 fully saturated rings. The van der Waals surface area contributed by atoms with Gasteiger partial charge in [-0.1, -0.05) is 19.1 Å². The first-order valence-corrected chi connectivity index (χ1v) is 5.58. The molecule has 0 aliphatic carbocycles. The van der Waals surface area contributed by atoms with Gasteiger partial charge in [-0.25, -0.2) is 4.39 Å². The smallest absolute Gasteiger partial charge is 0.266 e. The Bertz CT molecular complexity index is 666. The molecule has 0 saturated carbocycles. The maximum Gasteiger partial charge on any atom is 0.266 e. The zero-order valence-electron chi connectivity index (χ0n) is 9.83. The van der Waals surface area contributed by atoms with Gasteiger partial charge in [0.25, 0.3) is 5.56 Å². The Morgan fingerprint density at radius 1 is 1.33 bits per heavy atom. The predicted octanol–water partition coefficient (Wildman–Crippen LogP) is 2.62. The highest BCUT2D eigenvalue weighted by atomic mass is 19.1. The highest BCUT2D eigenvalue weighted by Crippen LogP contribution is 2.22. The minimum atomic E-state index is -0.406. The summed E-state index contributed by atoms with van der Waals surface area (Å²) in [6, 6.07) is 9.39. The maximum absolute atomic E-state index is 12.9. The van der Waals surface area contributed by atoms with Crippen molar-refractivity contribution in [3.63, 3.8) is 0 Å². The third-order valence-corrected chi connectivity index (χ3v) is 2.74. The minimum absolute atomic E-state index is 0.0545. The molecule has 0 atom stereocenters. The lowest BCUT2D eigenvalue weighted by atomic mass is 10.0. The molecule has 1 N–H and O–H groups in total. The first-order valence-electron chi connectivity index (χ1n) is 5.58. The summed E-state index contributed by atoms with van der Waals surface area (Å²) >= 11 is 0. The molecule has 1 aromatic carbocycles. The lowest BCUT2D eigenvalue weighted by molar-refractivity contribution is 0.628. The van der Waals surface area contributed by atoms with Gasteiger partial charge in [0.05, 0.1) is 0 Å². The number of nitrogens with zero attached hydrogens (tertiary/aromatic N) is 1. The number of halogens is 1. The molecular weight excluding hydrogens is 231 g/mol. The highest BCUT2D eigenvalue weighted by molar-refractivity contribution is 5.70. The fraction of sp³-hybridized carbons (Fsp3) is 0.143. The molecule has 2 aromatic rings. The number of benzene rings is 1. The van der Waals surface area contributed by atoms with Crippen LogP contribution in [0, 0.1) is 17.1 Å². The average Bonchev–Trinajstić information content (AvgIpc) is 2.38. The number of aromatic amines is 1. The van der Waals surface area contributed by atoms with Gasteiger partial charge >= 0.3 is 0 Å². The van der Waals surface area contributed by atoms with Crippen molar-refractivity contribution in [2.75, 3.05) is 0 Å². The Morgan fingerprint density at radius 3 is 2.56 bits per heavy atom. The minimum Gasteiger partial charge on any atom is -0.325 e. The maximum atomic E-state index is 12.9. The summed E-state index contributed by atoms with van der Waals surface area (Å²) < 4.78 is 12.9. The summed E-state index contributed by atoms with van der Waals surface area (Å²) in [4.78, 5) is 14.4. The zero-order chi connectivity index (χ0) is 13.1. The SMILES string of the molecule is CCc1cc(-c2ccc(F)cc2)c(C#N)c(=O)[nH]1. The third kappa shape index (κ3) is 2.16. The summed E-state index contributed by atoms with van der Waals surface area (Å²) in [6.45, 7) is 1.91. The lowest BCUT2D eigenvalue weighted by Crippen LogP contribution is -2.13. The second-order valence-corrected chi connectivity index (χ2v) is 3.88. The lowest BCUT2D eigenvalue weighted by Gasteiger charge is -2.06. The van der Waals surface area contributed by atoms with E-state index in [-0.39, 0.29) is 11.4 Å². The molecule has 1 aromatic heterocycles. The van der Waals surface area contributed by atoms with Crippen molar-refractivity contribution < 1.29 is 4.39 Å². The molecule has 1 heterocycles. The number of rotatable bonds is 2. The van der Waals surface area contributed by atoms with E-state index in [2.05, 4.69) is 4.98 Å². The highest BCUT2D eigenvalue weighted by Gasteiger charge is 2.10. The quantitative estimate of drug-likeness (QED) is 0.880. The van der Waals surface area contributed by atoms with Gasteiger partial charge in [0.1, 0.15) is 17.4 Å². The molecule has 18 heavy (non-hydrogen) atoms. The van der Waals surface area contributed by atoms with Crippen molar-refractivity contribution >= 4 is 0 Å². The number of hydrogen-bond acceptors (Lipinski definition) is 2. The van der Waals surface area contributed by atoms with Gasteiger partial charge in [0, 0.05) is 11.3 Å². The standard InChI is InChI=1S/C14H11FN2O/c1-2-11-7-12(13(8-16)14(18)17-11)9-3-5-10(15)6-4-9/h3-7H,2H2,1H3,(H,17,18). The Hall–Kier alpha value is -2.41. The molecule has 0 saturated heterocycles. The van der Waals surface area contributed by atoms with Crippen LogP contribution in [0.5, 0.6) is 0 Å². The Morgan fingerprint density at radius 2 is 2.00 bits per heavy atom. The molecule has 4 heteroatoms. The average molecular weight is 242 g/mol. The second kappa shape index (κ2) is 4.84. The summed E-state index contributed by atoms with van der Waals surface area (Å²) in [5.74, 6) is -0.349. The van der Waals surface area contributed by atoms with E-state index in [4.69, 9.17) is 5.26 Å². The van der Waals surface area contributed by atoms with Crippen LogP contribution in [0.1, 0.15) is 18.2 Å². The van der Waals surface area contributed by atoms with Crippen molar-refractivity contribution in [2.24, 2.45) is 0 Å². The van der Waals surface area contributed by atoms with Gasteiger partial charge in [-0.3, -0.25) is 4.79 Å². The Labute approximate surface area is 104 Å². The molecule has 0 bridgehead atoms. The molecular formula is C14H11FN2O. The van der Waals surface area contributed by atoms with E-state index in [0.717, 1.165) is 5.69 Å². The number of aromatic nitrogens is 1. The van der Waals surface area contributed by atoms with Crippen molar-refractivity contribution in [2.45, 2.75) is 13.3 Å². The van der Waals surface area contributed by atoms with Crippen LogP contribution >= 0.6 is 0 Å². The largest absolute Gasteiger partial charge is 0.325 e. The first-order chi connectivity index (χ1) is 8.65. The summed E-state index contributed by atoms with van der Waals surface area (Å²) in [7, 11) is 0. The number of pyridine rings is 1. The van der Waals surface area contributed by atoms with E-state index < -0.39 is 5.56 Å². The van der Waals surface area contributed by atoms with E-state index in [9.17, 15) is 9.18 Å². The van der Waals surface area contributed by atoms with Gasteiger partial charge < -0.3 is 4.98 Å². The van der Waals surface area contributed by atoms with E-state index >= 15 is 0 Å². The fourth-order valence-electron chi connectivity index (χ4n) is 1.77.